The van der Waals surface area contributed by atoms with E-state index in [0.29, 0.717) is 36.2 Å². The third kappa shape index (κ3) is 3.33. The summed E-state index contributed by atoms with van der Waals surface area (Å²) < 4.78 is 11.3. The topological polar surface area (TPSA) is 52.6 Å². The minimum absolute atomic E-state index is 0.0163. The Morgan fingerprint density at radius 3 is 2.15 bits per heavy atom. The largest absolute Gasteiger partial charge is 0.465 e. The maximum absolute atomic E-state index is 12.6. The Balaban J connectivity index is 1.08. The lowest BCUT2D eigenvalue weighted by Crippen LogP contribution is -2.35. The summed E-state index contributed by atoms with van der Waals surface area (Å²) in [5.41, 5.74) is -0.349. The Hall–Kier alpha value is -0.360. The van der Waals surface area contributed by atoms with Gasteiger partial charge >= 0.3 is 11.9 Å². The third-order valence-corrected chi connectivity index (χ3v) is 9.92. The fourth-order valence-corrected chi connectivity index (χ4v) is 8.52. The maximum Gasteiger partial charge on any atom is 0.309 e. The molecule has 4 nitrogen and oxygen atoms in total. The van der Waals surface area contributed by atoms with Crippen molar-refractivity contribution in [2.24, 2.45) is 40.9 Å². The highest BCUT2D eigenvalue weighted by molar-refractivity contribution is 8.07. The molecule has 0 radical (unpaired) electrons. The Bertz CT molecular complexity index is 622. The molecule has 0 aromatic carbocycles. The SMILES string of the molecule is CC(C)(COC(=O)C1CC2CC(S)C1C2)COC(=O)C1CC2CC1C1SC21. The van der Waals surface area contributed by atoms with E-state index in [0.717, 1.165) is 42.1 Å². The summed E-state index contributed by atoms with van der Waals surface area (Å²) in [5.74, 6) is 2.33. The Morgan fingerprint density at radius 2 is 1.59 bits per heavy atom. The minimum Gasteiger partial charge on any atom is -0.465 e. The first kappa shape index (κ1) is 18.7. The quantitative estimate of drug-likeness (QED) is 0.412. The molecule has 1 aliphatic heterocycles. The lowest BCUT2D eigenvalue weighted by molar-refractivity contribution is -0.159. The van der Waals surface area contributed by atoms with Gasteiger partial charge in [-0.2, -0.15) is 24.4 Å². The molecule has 4 bridgehead atoms. The Kier molecular flexibility index (Phi) is 4.55. The van der Waals surface area contributed by atoms with Crippen LogP contribution in [-0.4, -0.2) is 40.9 Å². The van der Waals surface area contributed by atoms with Crippen LogP contribution < -0.4 is 0 Å². The highest BCUT2D eigenvalue weighted by Gasteiger charge is 2.64. The summed E-state index contributed by atoms with van der Waals surface area (Å²) in [4.78, 5) is 25.1. The summed E-state index contributed by atoms with van der Waals surface area (Å²) in [6, 6.07) is 0. The molecule has 5 rings (SSSR count). The molecular formula is C21H30O4S2. The van der Waals surface area contributed by atoms with E-state index in [4.69, 9.17) is 9.47 Å². The first-order chi connectivity index (χ1) is 12.8. The maximum atomic E-state index is 12.6. The van der Waals surface area contributed by atoms with Crippen molar-refractivity contribution in [1.29, 1.82) is 0 Å². The Morgan fingerprint density at radius 1 is 0.926 bits per heavy atom. The number of thioether (sulfide) groups is 1. The van der Waals surface area contributed by atoms with Crippen molar-refractivity contribution >= 4 is 36.3 Å². The normalized spacial score (nSPS) is 46.4. The standard InChI is InChI=1S/C21H30O4S2/c1-21(2,8-24-19(22)14-4-10-3-12(14)16(26)5-10)9-25-20(23)15-7-11-6-13(15)18-17(11)27-18/h10-18,26H,3-9H2,1-2H3. The number of carbonyl (C=O) groups excluding carboxylic acids is 2. The molecule has 9 atom stereocenters. The number of ether oxygens (including phenoxy) is 2. The highest BCUT2D eigenvalue weighted by atomic mass is 32.2. The zero-order chi connectivity index (χ0) is 18.9. The van der Waals surface area contributed by atoms with E-state index >= 15 is 0 Å². The van der Waals surface area contributed by atoms with Gasteiger partial charge in [0.2, 0.25) is 0 Å². The van der Waals surface area contributed by atoms with Crippen molar-refractivity contribution in [2.45, 2.75) is 61.7 Å². The fourth-order valence-electron chi connectivity index (χ4n) is 6.25. The molecule has 1 saturated heterocycles. The van der Waals surface area contributed by atoms with E-state index in [1.807, 2.05) is 13.8 Å². The highest BCUT2D eigenvalue weighted by Crippen LogP contribution is 2.67. The van der Waals surface area contributed by atoms with E-state index < -0.39 is 0 Å². The molecule has 0 N–H and O–H groups in total. The van der Waals surface area contributed by atoms with Crippen LogP contribution in [0.4, 0.5) is 0 Å². The second-order valence-corrected chi connectivity index (χ2v) is 12.4. The van der Waals surface area contributed by atoms with Crippen molar-refractivity contribution in [3.63, 3.8) is 0 Å². The average Bonchev–Trinajstić information content (AvgIpc) is 2.96. The van der Waals surface area contributed by atoms with E-state index in [1.165, 1.54) is 6.42 Å². The zero-order valence-corrected chi connectivity index (χ0v) is 17.8. The smallest absolute Gasteiger partial charge is 0.309 e. The number of thiol groups is 1. The summed E-state index contributed by atoms with van der Waals surface area (Å²) in [6.45, 7) is 4.63. The average molecular weight is 411 g/mol. The van der Waals surface area contributed by atoms with Gasteiger partial charge in [0.25, 0.3) is 0 Å². The molecule has 6 heteroatoms. The van der Waals surface area contributed by atoms with Crippen LogP contribution >= 0.6 is 24.4 Å². The number of carbonyl (C=O) groups is 2. The van der Waals surface area contributed by atoms with Crippen LogP contribution in [0.15, 0.2) is 0 Å². The first-order valence-electron chi connectivity index (χ1n) is 10.5. The second-order valence-electron chi connectivity index (χ2n) is 10.4. The predicted octanol–water partition coefficient (Wildman–Crippen LogP) is 3.58. The molecule has 0 aromatic heterocycles. The van der Waals surface area contributed by atoms with Gasteiger partial charge in [-0.3, -0.25) is 9.59 Å². The van der Waals surface area contributed by atoms with Gasteiger partial charge in [-0.15, -0.1) is 0 Å². The number of hydrogen-bond acceptors (Lipinski definition) is 6. The molecule has 5 aliphatic rings. The van der Waals surface area contributed by atoms with Crippen molar-refractivity contribution < 1.29 is 19.1 Å². The molecule has 150 valence electrons. The van der Waals surface area contributed by atoms with Gasteiger partial charge in [-0.25, -0.2) is 0 Å². The number of rotatable bonds is 6. The molecule has 1 heterocycles. The Labute approximate surface area is 171 Å². The van der Waals surface area contributed by atoms with Gasteiger partial charge in [0.15, 0.2) is 0 Å². The van der Waals surface area contributed by atoms with Crippen LogP contribution in [0.3, 0.4) is 0 Å². The van der Waals surface area contributed by atoms with Gasteiger partial charge in [-0.05, 0) is 55.8 Å². The lowest BCUT2D eigenvalue weighted by Gasteiger charge is -2.28. The third-order valence-electron chi connectivity index (χ3n) is 7.69. The van der Waals surface area contributed by atoms with Crippen molar-refractivity contribution in [2.75, 3.05) is 13.2 Å². The van der Waals surface area contributed by atoms with Crippen LogP contribution in [-0.2, 0) is 19.1 Å². The van der Waals surface area contributed by atoms with Gasteiger partial charge in [0.1, 0.15) is 0 Å². The number of hydrogen-bond donors (Lipinski definition) is 1. The summed E-state index contributed by atoms with van der Waals surface area (Å²) >= 11 is 6.70. The molecule has 0 amide bonds. The lowest BCUT2D eigenvalue weighted by atomic mass is 9.88. The summed E-state index contributed by atoms with van der Waals surface area (Å²) in [6.07, 6.45) is 5.46. The molecule has 9 unspecified atom stereocenters. The van der Waals surface area contributed by atoms with E-state index in [9.17, 15) is 9.59 Å². The molecular weight excluding hydrogens is 380 g/mol. The van der Waals surface area contributed by atoms with E-state index in [-0.39, 0.29) is 29.2 Å². The predicted molar refractivity (Wildman–Crippen MR) is 108 cm³/mol. The fraction of sp³-hybridized carbons (Fsp3) is 0.905. The molecule has 4 saturated carbocycles. The van der Waals surface area contributed by atoms with Crippen LogP contribution in [0.2, 0.25) is 0 Å². The van der Waals surface area contributed by atoms with Crippen LogP contribution in [0.1, 0.15) is 46.0 Å². The summed E-state index contributed by atoms with van der Waals surface area (Å²) in [7, 11) is 0. The van der Waals surface area contributed by atoms with Crippen LogP contribution in [0, 0.1) is 40.9 Å². The van der Waals surface area contributed by atoms with Gasteiger partial charge in [0, 0.05) is 21.2 Å². The summed E-state index contributed by atoms with van der Waals surface area (Å²) in [5, 5.41) is 1.92. The van der Waals surface area contributed by atoms with Crippen molar-refractivity contribution in [3.8, 4) is 0 Å². The number of esters is 2. The minimum atomic E-state index is -0.349. The number of fused-ring (bicyclic) bond motifs is 7. The molecule has 5 fully saturated rings. The van der Waals surface area contributed by atoms with Gasteiger partial charge in [0.05, 0.1) is 25.0 Å². The van der Waals surface area contributed by atoms with Gasteiger partial charge < -0.3 is 9.47 Å². The van der Waals surface area contributed by atoms with E-state index in [2.05, 4.69) is 24.4 Å². The monoisotopic (exact) mass is 410 g/mol. The van der Waals surface area contributed by atoms with E-state index in [1.54, 1.807) is 0 Å². The van der Waals surface area contributed by atoms with Crippen molar-refractivity contribution in [1.82, 2.24) is 0 Å². The van der Waals surface area contributed by atoms with Crippen LogP contribution in [0.5, 0.6) is 0 Å². The molecule has 27 heavy (non-hydrogen) atoms. The van der Waals surface area contributed by atoms with Crippen molar-refractivity contribution in [3.05, 3.63) is 0 Å². The molecule has 0 aromatic rings. The molecule has 4 aliphatic carbocycles. The molecule has 0 spiro atoms. The first-order valence-corrected chi connectivity index (χ1v) is 11.9. The second kappa shape index (κ2) is 6.58. The zero-order valence-electron chi connectivity index (χ0n) is 16.1. The van der Waals surface area contributed by atoms with Crippen LogP contribution in [0.25, 0.3) is 0 Å². The van der Waals surface area contributed by atoms with Gasteiger partial charge in [-0.1, -0.05) is 13.8 Å².